The molecule has 2 heterocycles. The van der Waals surface area contributed by atoms with Crippen LogP contribution in [-0.2, 0) is 15.8 Å². The van der Waals surface area contributed by atoms with E-state index in [2.05, 4.69) is 4.98 Å². The number of hydrogen-bond acceptors (Lipinski definition) is 6. The summed E-state index contributed by atoms with van der Waals surface area (Å²) in [5.74, 6) is -0.324. The molecule has 23 heavy (non-hydrogen) atoms. The van der Waals surface area contributed by atoms with Crippen LogP contribution in [0.2, 0.25) is 0 Å². The monoisotopic (exact) mass is 351 g/mol. The van der Waals surface area contributed by atoms with Crippen LogP contribution >= 0.6 is 11.3 Å². The second-order valence-corrected chi connectivity index (χ2v) is 7.43. The molecule has 0 bridgehead atoms. The Balaban J connectivity index is 1.96. The fraction of sp³-hybridized carbons (Fsp3) is 0.714. The third-order valence-electron chi connectivity index (χ3n) is 3.38. The summed E-state index contributed by atoms with van der Waals surface area (Å²) in [6.07, 6.45) is -4.37. The number of carbonyl (C=O) groups excluding carboxylic acids is 1. The summed E-state index contributed by atoms with van der Waals surface area (Å²) in [7, 11) is 0. The number of hydrogen-bond donors (Lipinski definition) is 0. The van der Waals surface area contributed by atoms with Crippen LogP contribution < -0.4 is 4.90 Å². The molecule has 2 rings (SSSR count). The first-order chi connectivity index (χ1) is 10.5. The van der Waals surface area contributed by atoms with Gasteiger partial charge in [0.2, 0.25) is 0 Å². The summed E-state index contributed by atoms with van der Waals surface area (Å²) < 4.78 is 38.5. The molecular weight excluding hydrogens is 331 g/mol. The molecule has 130 valence electrons. The Hall–Kier alpha value is -1.35. The molecule has 1 aliphatic rings. The van der Waals surface area contributed by atoms with Crippen molar-refractivity contribution in [1.82, 2.24) is 10.0 Å². The van der Waals surface area contributed by atoms with Gasteiger partial charge in [0.25, 0.3) is 0 Å². The zero-order valence-corrected chi connectivity index (χ0v) is 14.3. The van der Waals surface area contributed by atoms with Crippen LogP contribution in [0.15, 0.2) is 0 Å². The summed E-state index contributed by atoms with van der Waals surface area (Å²) >= 11 is 0.656. The molecule has 0 atom stereocenters. The predicted molar refractivity (Wildman–Crippen MR) is 81.2 cm³/mol. The quantitative estimate of drug-likeness (QED) is 0.819. The SMILES string of the molecule is Cc1nc(N2CCN(OC(=O)C(C)(C)C)CC2)sc1C(F)(F)F. The number of aromatic nitrogens is 1. The number of hydroxylamine groups is 2. The average molecular weight is 351 g/mol. The number of thiazole rings is 1. The number of carbonyl (C=O) groups is 1. The number of anilines is 1. The number of alkyl halides is 3. The lowest BCUT2D eigenvalue weighted by atomic mass is 9.98. The molecule has 0 N–H and O–H groups in total. The second-order valence-electron chi connectivity index (χ2n) is 6.45. The molecule has 1 fully saturated rings. The lowest BCUT2D eigenvalue weighted by molar-refractivity contribution is -0.201. The van der Waals surface area contributed by atoms with Crippen molar-refractivity contribution in [1.29, 1.82) is 0 Å². The molecular formula is C14H20F3N3O2S. The third kappa shape index (κ3) is 4.35. The van der Waals surface area contributed by atoms with Crippen molar-refractivity contribution in [2.45, 2.75) is 33.9 Å². The Morgan fingerprint density at radius 1 is 1.17 bits per heavy atom. The van der Waals surface area contributed by atoms with E-state index in [4.69, 9.17) is 4.84 Å². The highest BCUT2D eigenvalue weighted by Crippen LogP contribution is 2.39. The largest absolute Gasteiger partial charge is 0.427 e. The highest BCUT2D eigenvalue weighted by molar-refractivity contribution is 7.15. The van der Waals surface area contributed by atoms with Crippen LogP contribution in [0, 0.1) is 12.3 Å². The summed E-state index contributed by atoms with van der Waals surface area (Å²) in [6.45, 7) is 8.45. The van der Waals surface area contributed by atoms with Gasteiger partial charge in [0.15, 0.2) is 5.13 Å². The zero-order valence-electron chi connectivity index (χ0n) is 13.5. The number of nitrogens with zero attached hydrogens (tertiary/aromatic N) is 3. The van der Waals surface area contributed by atoms with Crippen molar-refractivity contribution in [2.75, 3.05) is 31.1 Å². The summed E-state index contributed by atoms with van der Waals surface area (Å²) in [5.41, 5.74) is -0.593. The Bertz CT molecular complexity index is 573. The summed E-state index contributed by atoms with van der Waals surface area (Å²) in [5, 5.41) is 1.91. The second kappa shape index (κ2) is 6.27. The van der Waals surface area contributed by atoms with E-state index in [0.29, 0.717) is 42.6 Å². The number of piperazine rings is 1. The Kier molecular flexibility index (Phi) is 4.91. The summed E-state index contributed by atoms with van der Waals surface area (Å²) in [4.78, 5) is 22.3. The van der Waals surface area contributed by atoms with E-state index in [1.807, 2.05) is 0 Å². The normalized spacial score (nSPS) is 17.4. The number of rotatable bonds is 2. The van der Waals surface area contributed by atoms with E-state index in [1.54, 1.807) is 30.7 Å². The first kappa shape index (κ1) is 18.0. The molecule has 0 aromatic carbocycles. The van der Waals surface area contributed by atoms with Gasteiger partial charge in [-0.15, -0.1) is 5.06 Å². The van der Waals surface area contributed by atoms with E-state index >= 15 is 0 Å². The minimum atomic E-state index is -4.37. The van der Waals surface area contributed by atoms with Gasteiger partial charge >= 0.3 is 12.1 Å². The van der Waals surface area contributed by atoms with Crippen molar-refractivity contribution in [3.05, 3.63) is 10.6 Å². The van der Waals surface area contributed by atoms with E-state index in [9.17, 15) is 18.0 Å². The lowest BCUT2D eigenvalue weighted by Crippen LogP contribution is -2.48. The molecule has 5 nitrogen and oxygen atoms in total. The molecule has 0 saturated carbocycles. The van der Waals surface area contributed by atoms with Crippen molar-refractivity contribution in [3.8, 4) is 0 Å². The number of aryl methyl sites for hydroxylation is 1. The lowest BCUT2D eigenvalue weighted by Gasteiger charge is -2.34. The van der Waals surface area contributed by atoms with Gasteiger partial charge in [-0.3, -0.25) is 0 Å². The van der Waals surface area contributed by atoms with Gasteiger partial charge in [0, 0.05) is 13.1 Å². The van der Waals surface area contributed by atoms with E-state index in [0.717, 1.165) is 0 Å². The van der Waals surface area contributed by atoms with Crippen LogP contribution in [0.5, 0.6) is 0 Å². The highest BCUT2D eigenvalue weighted by Gasteiger charge is 2.37. The van der Waals surface area contributed by atoms with Crippen molar-refractivity contribution >= 4 is 22.4 Å². The zero-order chi connectivity index (χ0) is 17.4. The average Bonchev–Trinajstić information content (AvgIpc) is 2.80. The maximum atomic E-state index is 12.8. The van der Waals surface area contributed by atoms with Crippen LogP contribution in [0.1, 0.15) is 31.3 Å². The molecule has 1 aromatic heterocycles. The fourth-order valence-electron chi connectivity index (χ4n) is 2.01. The third-order valence-corrected chi connectivity index (χ3v) is 4.64. The van der Waals surface area contributed by atoms with Gasteiger partial charge in [-0.05, 0) is 27.7 Å². The van der Waals surface area contributed by atoms with Crippen LogP contribution in [0.25, 0.3) is 0 Å². The summed E-state index contributed by atoms with van der Waals surface area (Å²) in [6, 6.07) is 0. The molecule has 1 aromatic rings. The fourth-order valence-corrected chi connectivity index (χ4v) is 2.99. The Labute approximate surface area is 137 Å². The van der Waals surface area contributed by atoms with Gasteiger partial charge in [-0.1, -0.05) is 11.3 Å². The first-order valence-electron chi connectivity index (χ1n) is 7.25. The molecule has 1 saturated heterocycles. The van der Waals surface area contributed by atoms with Crippen molar-refractivity contribution < 1.29 is 22.8 Å². The predicted octanol–water partition coefficient (Wildman–Crippen LogP) is 3.10. The molecule has 0 amide bonds. The van der Waals surface area contributed by atoms with Gasteiger partial charge in [0.05, 0.1) is 24.2 Å². The van der Waals surface area contributed by atoms with Crippen LogP contribution in [-0.4, -0.2) is 42.2 Å². The smallest absolute Gasteiger partial charge is 0.367 e. The van der Waals surface area contributed by atoms with Crippen LogP contribution in [0.4, 0.5) is 18.3 Å². The van der Waals surface area contributed by atoms with Gasteiger partial charge < -0.3 is 9.74 Å². The van der Waals surface area contributed by atoms with E-state index in [-0.39, 0.29) is 11.7 Å². The highest BCUT2D eigenvalue weighted by atomic mass is 32.1. The van der Waals surface area contributed by atoms with E-state index in [1.165, 1.54) is 6.92 Å². The minimum absolute atomic E-state index is 0.000843. The molecule has 0 aliphatic carbocycles. The molecule has 0 unspecified atom stereocenters. The standard InChI is InChI=1S/C14H20F3N3O2S/c1-9-10(14(15,16)17)23-12(18-9)19-5-7-20(8-6-19)22-11(21)13(2,3)4/h5-8H2,1-4H3. The minimum Gasteiger partial charge on any atom is -0.367 e. The molecule has 9 heteroatoms. The number of halogens is 3. The maximum absolute atomic E-state index is 12.8. The molecule has 1 aliphatic heterocycles. The van der Waals surface area contributed by atoms with Gasteiger partial charge in [0.1, 0.15) is 4.88 Å². The first-order valence-corrected chi connectivity index (χ1v) is 8.07. The van der Waals surface area contributed by atoms with Gasteiger partial charge in [-0.25, -0.2) is 9.78 Å². The molecule has 0 spiro atoms. The van der Waals surface area contributed by atoms with Crippen molar-refractivity contribution in [2.24, 2.45) is 5.41 Å². The van der Waals surface area contributed by atoms with Crippen LogP contribution in [0.3, 0.4) is 0 Å². The van der Waals surface area contributed by atoms with E-state index < -0.39 is 16.5 Å². The Morgan fingerprint density at radius 3 is 2.17 bits per heavy atom. The van der Waals surface area contributed by atoms with Crippen molar-refractivity contribution in [3.63, 3.8) is 0 Å². The maximum Gasteiger partial charge on any atom is 0.427 e. The molecule has 0 radical (unpaired) electrons. The topological polar surface area (TPSA) is 45.7 Å². The van der Waals surface area contributed by atoms with Gasteiger partial charge in [-0.2, -0.15) is 13.2 Å². The Morgan fingerprint density at radius 2 is 1.74 bits per heavy atom.